The Hall–Kier alpha value is -2.24. The van der Waals surface area contributed by atoms with E-state index in [2.05, 4.69) is 4.74 Å². The van der Waals surface area contributed by atoms with Gasteiger partial charge in [0.25, 0.3) is 0 Å². The predicted molar refractivity (Wildman–Crippen MR) is 76.2 cm³/mol. The molecule has 0 aromatic heterocycles. The first kappa shape index (κ1) is 15.2. The molecule has 0 atom stereocenters. The highest BCUT2D eigenvalue weighted by Crippen LogP contribution is 2.24. The molecule has 0 spiro atoms. The smallest absolute Gasteiger partial charge is 0.465 e. The SMILES string of the molecule is COC(=O)c1cc(N)ccc1OC(=O)OC1CCCCC1. The summed E-state index contributed by atoms with van der Waals surface area (Å²) in [7, 11) is 1.25. The summed E-state index contributed by atoms with van der Waals surface area (Å²) in [6.45, 7) is 0. The first-order chi connectivity index (χ1) is 10.1. The van der Waals surface area contributed by atoms with Gasteiger partial charge in [-0.25, -0.2) is 9.59 Å². The van der Waals surface area contributed by atoms with Crippen LogP contribution < -0.4 is 10.5 Å². The lowest BCUT2D eigenvalue weighted by Crippen LogP contribution is -2.23. The summed E-state index contributed by atoms with van der Waals surface area (Å²) in [6, 6.07) is 4.38. The molecule has 21 heavy (non-hydrogen) atoms. The van der Waals surface area contributed by atoms with E-state index in [1.807, 2.05) is 0 Å². The van der Waals surface area contributed by atoms with Gasteiger partial charge >= 0.3 is 12.1 Å². The summed E-state index contributed by atoms with van der Waals surface area (Å²) in [5.41, 5.74) is 6.09. The topological polar surface area (TPSA) is 87.9 Å². The van der Waals surface area contributed by atoms with Gasteiger partial charge in [0.15, 0.2) is 0 Å². The molecule has 1 fully saturated rings. The van der Waals surface area contributed by atoms with Gasteiger partial charge in [0.05, 0.1) is 7.11 Å². The van der Waals surface area contributed by atoms with E-state index in [4.69, 9.17) is 15.2 Å². The quantitative estimate of drug-likeness (QED) is 0.523. The van der Waals surface area contributed by atoms with E-state index in [9.17, 15) is 9.59 Å². The molecule has 0 amide bonds. The van der Waals surface area contributed by atoms with Crippen molar-refractivity contribution >= 4 is 17.8 Å². The highest BCUT2D eigenvalue weighted by atomic mass is 16.7. The zero-order valence-corrected chi connectivity index (χ0v) is 12.0. The zero-order chi connectivity index (χ0) is 15.2. The largest absolute Gasteiger partial charge is 0.514 e. The van der Waals surface area contributed by atoms with Gasteiger partial charge in [-0.15, -0.1) is 0 Å². The fourth-order valence-corrected chi connectivity index (χ4v) is 2.34. The van der Waals surface area contributed by atoms with Crippen LogP contribution in [0, 0.1) is 0 Å². The number of nitrogens with two attached hydrogens (primary N) is 1. The lowest BCUT2D eigenvalue weighted by atomic mass is 9.98. The first-order valence-corrected chi connectivity index (χ1v) is 6.96. The van der Waals surface area contributed by atoms with Crippen molar-refractivity contribution in [3.05, 3.63) is 23.8 Å². The van der Waals surface area contributed by atoms with Crippen LogP contribution in [0.5, 0.6) is 5.75 Å². The molecule has 0 bridgehead atoms. The lowest BCUT2D eigenvalue weighted by Gasteiger charge is -2.21. The molecular formula is C15H19NO5. The van der Waals surface area contributed by atoms with Crippen molar-refractivity contribution < 1.29 is 23.8 Å². The number of rotatable bonds is 3. The Kier molecular flexibility index (Phi) is 5.03. The number of nitrogen functional groups attached to an aromatic ring is 1. The fourth-order valence-electron chi connectivity index (χ4n) is 2.34. The van der Waals surface area contributed by atoms with E-state index < -0.39 is 12.1 Å². The molecule has 0 heterocycles. The van der Waals surface area contributed by atoms with Gasteiger partial charge in [-0.3, -0.25) is 0 Å². The van der Waals surface area contributed by atoms with Crippen molar-refractivity contribution in [2.75, 3.05) is 12.8 Å². The molecule has 6 heteroatoms. The third-order valence-corrected chi connectivity index (χ3v) is 3.42. The van der Waals surface area contributed by atoms with Crippen LogP contribution in [0.15, 0.2) is 18.2 Å². The molecule has 6 nitrogen and oxygen atoms in total. The third-order valence-electron chi connectivity index (χ3n) is 3.42. The molecule has 0 aliphatic heterocycles. The Morgan fingerprint density at radius 3 is 2.57 bits per heavy atom. The minimum atomic E-state index is -0.808. The summed E-state index contributed by atoms with van der Waals surface area (Å²) in [4.78, 5) is 23.4. The molecule has 1 aromatic carbocycles. The molecule has 0 radical (unpaired) electrons. The number of hydrogen-bond donors (Lipinski definition) is 1. The molecule has 1 aliphatic carbocycles. The van der Waals surface area contributed by atoms with Gasteiger partial charge in [0.1, 0.15) is 17.4 Å². The molecule has 1 aromatic rings. The van der Waals surface area contributed by atoms with Crippen LogP contribution in [-0.2, 0) is 9.47 Å². The Bertz CT molecular complexity index is 523. The number of hydrogen-bond acceptors (Lipinski definition) is 6. The first-order valence-electron chi connectivity index (χ1n) is 6.96. The van der Waals surface area contributed by atoms with Crippen LogP contribution in [0.3, 0.4) is 0 Å². The normalized spacial score (nSPS) is 15.3. The highest BCUT2D eigenvalue weighted by molar-refractivity contribution is 5.94. The van der Waals surface area contributed by atoms with Crippen molar-refractivity contribution in [2.24, 2.45) is 0 Å². The van der Waals surface area contributed by atoms with Crippen LogP contribution in [0.4, 0.5) is 10.5 Å². The van der Waals surface area contributed by atoms with Gasteiger partial charge in [0.2, 0.25) is 0 Å². The van der Waals surface area contributed by atoms with E-state index in [1.165, 1.54) is 31.7 Å². The van der Waals surface area contributed by atoms with Crippen molar-refractivity contribution in [1.29, 1.82) is 0 Å². The summed E-state index contributed by atoms with van der Waals surface area (Å²) in [6.07, 6.45) is 4.04. The highest BCUT2D eigenvalue weighted by Gasteiger charge is 2.21. The summed E-state index contributed by atoms with van der Waals surface area (Å²) < 4.78 is 15.0. The predicted octanol–water partition coefficient (Wildman–Crippen LogP) is 2.90. The minimum absolute atomic E-state index is 0.0804. The standard InChI is InChI=1S/C15H19NO5/c1-19-14(17)12-9-10(16)7-8-13(12)21-15(18)20-11-5-3-2-4-6-11/h7-9,11H,2-6,16H2,1H3. The van der Waals surface area contributed by atoms with Crippen molar-refractivity contribution in [2.45, 2.75) is 38.2 Å². The van der Waals surface area contributed by atoms with Crippen LogP contribution >= 0.6 is 0 Å². The fraction of sp³-hybridized carbons (Fsp3) is 0.467. The van der Waals surface area contributed by atoms with E-state index in [1.54, 1.807) is 0 Å². The van der Waals surface area contributed by atoms with Crippen LogP contribution in [0.1, 0.15) is 42.5 Å². The van der Waals surface area contributed by atoms with E-state index in [0.29, 0.717) is 5.69 Å². The van der Waals surface area contributed by atoms with Crippen LogP contribution in [0.2, 0.25) is 0 Å². The molecule has 2 rings (SSSR count). The number of carbonyl (C=O) groups is 2. The molecule has 2 N–H and O–H groups in total. The molecule has 0 unspecified atom stereocenters. The van der Waals surface area contributed by atoms with Crippen molar-refractivity contribution in [1.82, 2.24) is 0 Å². The Morgan fingerprint density at radius 2 is 1.90 bits per heavy atom. The second-order valence-electron chi connectivity index (χ2n) is 4.98. The van der Waals surface area contributed by atoms with E-state index in [0.717, 1.165) is 25.7 Å². The van der Waals surface area contributed by atoms with Crippen molar-refractivity contribution in [3.63, 3.8) is 0 Å². The van der Waals surface area contributed by atoms with E-state index >= 15 is 0 Å². The number of anilines is 1. The third kappa shape index (κ3) is 4.11. The summed E-state index contributed by atoms with van der Waals surface area (Å²) >= 11 is 0. The maximum atomic E-state index is 11.8. The lowest BCUT2D eigenvalue weighted by molar-refractivity contribution is 0.0409. The van der Waals surface area contributed by atoms with E-state index in [-0.39, 0.29) is 17.4 Å². The summed E-state index contributed by atoms with van der Waals surface area (Å²) in [5, 5.41) is 0. The van der Waals surface area contributed by atoms with Crippen molar-refractivity contribution in [3.8, 4) is 5.75 Å². The second kappa shape index (κ2) is 6.97. The Balaban J connectivity index is 2.04. The average molecular weight is 293 g/mol. The van der Waals surface area contributed by atoms with Crippen LogP contribution in [-0.4, -0.2) is 25.3 Å². The molecule has 114 valence electrons. The number of benzene rings is 1. The number of methoxy groups -OCH3 is 1. The molecular weight excluding hydrogens is 274 g/mol. The zero-order valence-electron chi connectivity index (χ0n) is 12.0. The second-order valence-corrected chi connectivity index (χ2v) is 4.98. The number of esters is 1. The molecule has 1 aliphatic rings. The average Bonchev–Trinajstić information content (AvgIpc) is 2.49. The minimum Gasteiger partial charge on any atom is -0.465 e. The molecule has 1 saturated carbocycles. The van der Waals surface area contributed by atoms with Gasteiger partial charge in [-0.1, -0.05) is 6.42 Å². The van der Waals surface area contributed by atoms with Gasteiger partial charge < -0.3 is 19.9 Å². The Labute approximate surface area is 123 Å². The molecule has 0 saturated heterocycles. The van der Waals surface area contributed by atoms with Gasteiger partial charge in [-0.2, -0.15) is 0 Å². The maximum absolute atomic E-state index is 11.8. The summed E-state index contributed by atoms with van der Waals surface area (Å²) in [5.74, 6) is -0.542. The van der Waals surface area contributed by atoms with Crippen LogP contribution in [0.25, 0.3) is 0 Å². The monoisotopic (exact) mass is 293 g/mol. The maximum Gasteiger partial charge on any atom is 0.514 e. The van der Waals surface area contributed by atoms with Gasteiger partial charge in [0, 0.05) is 5.69 Å². The number of ether oxygens (including phenoxy) is 3. The van der Waals surface area contributed by atoms with Gasteiger partial charge in [-0.05, 0) is 43.9 Å². The number of carbonyl (C=O) groups excluding carboxylic acids is 2. The Morgan fingerprint density at radius 1 is 1.19 bits per heavy atom.